The molecule has 2 heterocycles. The van der Waals surface area contributed by atoms with Crippen molar-refractivity contribution in [1.82, 2.24) is 0 Å². The highest BCUT2D eigenvalue weighted by atomic mass is 16.3. The smallest absolute Gasteiger partial charge is 0.160 e. The van der Waals surface area contributed by atoms with Gasteiger partial charge in [0.15, 0.2) is 5.58 Å². The van der Waals surface area contributed by atoms with E-state index >= 15 is 0 Å². The lowest BCUT2D eigenvalue weighted by molar-refractivity contribution is 0.668. The number of anilines is 6. The Labute approximate surface area is 401 Å². The summed E-state index contributed by atoms with van der Waals surface area (Å²) in [6, 6.07) is 79.7. The molecule has 69 heavy (non-hydrogen) atoms. The third-order valence-electron chi connectivity index (χ3n) is 14.4. The van der Waals surface area contributed by atoms with Gasteiger partial charge in [0.1, 0.15) is 16.7 Å². The number of hydrogen-bond acceptors (Lipinski definition) is 4. The quantitative estimate of drug-likeness (QED) is 0.152. The van der Waals surface area contributed by atoms with Gasteiger partial charge in [0.25, 0.3) is 0 Å². The monoisotopic (exact) mass is 888 g/mol. The first-order valence-corrected chi connectivity index (χ1v) is 23.8. The fraction of sp³-hybridized carbons (Fsp3) is 0.0769. The SMILES string of the molecule is Cc1ccc(N(c2ccc(C)cc2)c2cc3c(c4c2oc2ccccc24)-c2c(cc(N(c4ccc(C)cc4)c4ccc(C)cc4)c4c2oc2ccccc24)C3(c2ccccc2)c2ccccc2)cc1. The largest absolute Gasteiger partial charge is 0.455 e. The molecule has 12 aromatic rings. The summed E-state index contributed by atoms with van der Waals surface area (Å²) in [5.41, 5.74) is 20.3. The van der Waals surface area contributed by atoms with Gasteiger partial charge >= 0.3 is 0 Å². The first-order chi connectivity index (χ1) is 33.9. The van der Waals surface area contributed by atoms with Crippen molar-refractivity contribution in [2.75, 3.05) is 9.80 Å². The molecule has 1 aliphatic carbocycles. The third kappa shape index (κ3) is 6.22. The number of rotatable bonds is 8. The fourth-order valence-electron chi connectivity index (χ4n) is 11.1. The zero-order chi connectivity index (χ0) is 46.4. The van der Waals surface area contributed by atoms with Gasteiger partial charge in [0.2, 0.25) is 0 Å². The second-order valence-electron chi connectivity index (χ2n) is 18.7. The lowest BCUT2D eigenvalue weighted by atomic mass is 9.67. The van der Waals surface area contributed by atoms with E-state index in [2.05, 4.69) is 256 Å². The molecule has 0 unspecified atom stereocenters. The number of nitrogens with zero attached hydrogens (tertiary/aromatic N) is 2. The molecule has 13 rings (SSSR count). The van der Waals surface area contributed by atoms with Crippen LogP contribution in [-0.2, 0) is 5.41 Å². The molecule has 0 saturated carbocycles. The van der Waals surface area contributed by atoms with Crippen molar-refractivity contribution in [2.45, 2.75) is 33.1 Å². The lowest BCUT2D eigenvalue weighted by Crippen LogP contribution is -2.29. The van der Waals surface area contributed by atoms with E-state index in [1.54, 1.807) is 0 Å². The maximum absolute atomic E-state index is 7.43. The Morgan fingerprint density at radius 1 is 0.333 bits per heavy atom. The van der Waals surface area contributed by atoms with E-state index in [0.29, 0.717) is 0 Å². The Morgan fingerprint density at radius 3 is 1.16 bits per heavy atom. The lowest BCUT2D eigenvalue weighted by Gasteiger charge is -2.36. The van der Waals surface area contributed by atoms with Crippen molar-refractivity contribution < 1.29 is 8.83 Å². The summed E-state index contributed by atoms with van der Waals surface area (Å²) in [6.07, 6.45) is 0. The van der Waals surface area contributed by atoms with Gasteiger partial charge in [-0.05, 0) is 123 Å². The van der Waals surface area contributed by atoms with Gasteiger partial charge in [0.05, 0.1) is 22.2 Å². The second-order valence-corrected chi connectivity index (χ2v) is 18.7. The molecule has 0 bridgehead atoms. The highest BCUT2D eigenvalue weighted by molar-refractivity contribution is 6.26. The first kappa shape index (κ1) is 40.7. The van der Waals surface area contributed by atoms with Crippen LogP contribution in [0.5, 0.6) is 0 Å². The zero-order valence-corrected chi connectivity index (χ0v) is 39.0. The van der Waals surface area contributed by atoms with E-state index in [4.69, 9.17) is 8.83 Å². The summed E-state index contributed by atoms with van der Waals surface area (Å²) < 4.78 is 14.7. The summed E-state index contributed by atoms with van der Waals surface area (Å²) >= 11 is 0. The number of fused-ring (bicyclic) bond motifs is 11. The van der Waals surface area contributed by atoms with Crippen molar-refractivity contribution in [2.24, 2.45) is 0 Å². The molecule has 4 nitrogen and oxygen atoms in total. The predicted molar refractivity (Wildman–Crippen MR) is 287 cm³/mol. The van der Waals surface area contributed by atoms with Crippen LogP contribution < -0.4 is 9.80 Å². The van der Waals surface area contributed by atoms with Crippen LogP contribution >= 0.6 is 0 Å². The molecule has 0 aliphatic heterocycles. The highest BCUT2D eigenvalue weighted by Crippen LogP contribution is 2.64. The van der Waals surface area contributed by atoms with Crippen molar-refractivity contribution >= 4 is 78.0 Å². The molecule has 0 fully saturated rings. The summed E-state index contributed by atoms with van der Waals surface area (Å²) in [4.78, 5) is 4.81. The van der Waals surface area contributed by atoms with Crippen molar-refractivity contribution in [3.63, 3.8) is 0 Å². The van der Waals surface area contributed by atoms with E-state index in [-0.39, 0.29) is 0 Å². The number of furan rings is 2. The number of para-hydroxylation sites is 2. The van der Waals surface area contributed by atoms with E-state index in [1.165, 1.54) is 22.3 Å². The van der Waals surface area contributed by atoms with Crippen LogP contribution in [0.15, 0.2) is 227 Å². The maximum atomic E-state index is 7.43. The van der Waals surface area contributed by atoms with Crippen molar-refractivity contribution in [1.29, 1.82) is 0 Å². The first-order valence-electron chi connectivity index (χ1n) is 23.8. The molecule has 2 aromatic heterocycles. The standard InChI is InChI=1S/C65H48N2O2/c1-41-23-31-47(32-24-41)66(48-33-25-42(2)26-34-48)55-39-54-62(64-59(55)51-19-11-13-21-57(51)69-64)61-53(65(54,45-15-7-5-8-16-45)46-17-9-6-10-18-46)40-56(63-60(61)52-20-12-14-22-58(52)68-63)67(49-35-27-43(3)28-36-49)50-37-29-44(4)30-38-50/h5-40H,1-4H3. The van der Waals surface area contributed by atoms with E-state index < -0.39 is 5.41 Å². The Kier molecular flexibility index (Phi) is 9.28. The van der Waals surface area contributed by atoms with Crippen LogP contribution in [0, 0.1) is 27.7 Å². The molecular formula is C65H48N2O2. The Balaban J connectivity index is 1.26. The summed E-state index contributed by atoms with van der Waals surface area (Å²) in [5.74, 6) is 0. The summed E-state index contributed by atoms with van der Waals surface area (Å²) in [6.45, 7) is 8.58. The van der Waals surface area contributed by atoms with Gasteiger partial charge in [-0.3, -0.25) is 0 Å². The fourth-order valence-corrected chi connectivity index (χ4v) is 11.1. The predicted octanol–water partition coefficient (Wildman–Crippen LogP) is 18.0. The van der Waals surface area contributed by atoms with Crippen molar-refractivity contribution in [3.8, 4) is 11.1 Å². The normalized spacial score (nSPS) is 12.8. The molecule has 330 valence electrons. The molecule has 0 saturated heterocycles. The molecule has 0 spiro atoms. The number of hydrogen-bond donors (Lipinski definition) is 0. The number of aryl methyl sites for hydroxylation is 4. The topological polar surface area (TPSA) is 32.8 Å². The number of benzene rings is 10. The zero-order valence-electron chi connectivity index (χ0n) is 39.0. The molecule has 0 N–H and O–H groups in total. The maximum Gasteiger partial charge on any atom is 0.160 e. The molecule has 10 aromatic carbocycles. The van der Waals surface area contributed by atoms with Crippen molar-refractivity contribution in [3.05, 3.63) is 263 Å². The van der Waals surface area contributed by atoms with Crippen LogP contribution in [-0.4, -0.2) is 0 Å². The van der Waals surface area contributed by atoms with Gasteiger partial charge < -0.3 is 18.6 Å². The average molecular weight is 889 g/mol. The Hall–Kier alpha value is -8.60. The Morgan fingerprint density at radius 2 is 0.696 bits per heavy atom. The second kappa shape index (κ2) is 15.8. The van der Waals surface area contributed by atoms with E-state index in [9.17, 15) is 0 Å². The van der Waals surface area contributed by atoms with Crippen LogP contribution in [0.3, 0.4) is 0 Å². The minimum absolute atomic E-state index is 0.813. The molecule has 4 heteroatoms. The van der Waals surface area contributed by atoms with Gasteiger partial charge in [-0.1, -0.05) is 168 Å². The third-order valence-corrected chi connectivity index (χ3v) is 14.4. The molecule has 0 radical (unpaired) electrons. The van der Waals surface area contributed by atoms with E-state index in [0.717, 1.165) is 111 Å². The molecule has 0 amide bonds. The molecular weight excluding hydrogens is 841 g/mol. The average Bonchev–Trinajstić information content (AvgIpc) is 4.06. The molecule has 0 atom stereocenters. The van der Waals surface area contributed by atoms with Crippen LogP contribution in [0.4, 0.5) is 34.1 Å². The summed E-state index contributed by atoms with van der Waals surface area (Å²) in [7, 11) is 0. The van der Waals surface area contributed by atoms with Crippen LogP contribution in [0.1, 0.15) is 44.5 Å². The van der Waals surface area contributed by atoms with Crippen LogP contribution in [0.25, 0.3) is 55.0 Å². The van der Waals surface area contributed by atoms with Crippen LogP contribution in [0.2, 0.25) is 0 Å². The highest BCUT2D eigenvalue weighted by Gasteiger charge is 2.50. The Bertz CT molecular complexity index is 3770. The minimum atomic E-state index is -0.838. The van der Waals surface area contributed by atoms with E-state index in [1.807, 2.05) is 0 Å². The van der Waals surface area contributed by atoms with Gasteiger partial charge in [-0.25, -0.2) is 0 Å². The van der Waals surface area contributed by atoms with Gasteiger partial charge in [-0.2, -0.15) is 0 Å². The van der Waals surface area contributed by atoms with Gasteiger partial charge in [0, 0.05) is 50.0 Å². The van der Waals surface area contributed by atoms with Gasteiger partial charge in [-0.15, -0.1) is 0 Å². The minimum Gasteiger partial charge on any atom is -0.455 e. The molecule has 1 aliphatic rings. The summed E-state index contributed by atoms with van der Waals surface area (Å²) in [5, 5.41) is 4.22.